The van der Waals surface area contributed by atoms with Crippen molar-refractivity contribution in [3.63, 3.8) is 0 Å². The van der Waals surface area contributed by atoms with Crippen molar-refractivity contribution in [2.75, 3.05) is 5.32 Å². The van der Waals surface area contributed by atoms with Gasteiger partial charge in [-0.05, 0) is 36.2 Å². The van der Waals surface area contributed by atoms with Crippen LogP contribution in [0.3, 0.4) is 0 Å². The predicted molar refractivity (Wildman–Crippen MR) is 86.2 cm³/mol. The maximum Gasteiger partial charge on any atom is 0.115 e. The van der Waals surface area contributed by atoms with Crippen LogP contribution in [-0.2, 0) is 0 Å². The van der Waals surface area contributed by atoms with Gasteiger partial charge >= 0.3 is 0 Å². The number of anilines is 1. The van der Waals surface area contributed by atoms with Gasteiger partial charge in [-0.15, -0.1) is 0 Å². The maximum atomic E-state index is 9.34. The molecule has 2 aromatic rings. The summed E-state index contributed by atoms with van der Waals surface area (Å²) in [6.45, 7) is 2.07. The first-order valence-electron chi connectivity index (χ1n) is 6.21. The van der Waals surface area contributed by atoms with Crippen LogP contribution in [0.1, 0.15) is 24.9 Å². The molecule has 2 N–H and O–H groups in total. The van der Waals surface area contributed by atoms with Gasteiger partial charge in [0.1, 0.15) is 5.75 Å². The van der Waals surface area contributed by atoms with E-state index in [4.69, 9.17) is 34.8 Å². The number of nitrogens with one attached hydrogen (secondary N) is 1. The van der Waals surface area contributed by atoms with Crippen LogP contribution in [0.2, 0.25) is 15.1 Å². The molecule has 2 nitrogen and oxygen atoms in total. The molecule has 0 bridgehead atoms. The van der Waals surface area contributed by atoms with Crippen molar-refractivity contribution in [1.29, 1.82) is 0 Å². The van der Waals surface area contributed by atoms with Crippen LogP contribution in [0.15, 0.2) is 36.4 Å². The molecule has 0 aliphatic heterocycles. The third-order valence-corrected chi connectivity index (χ3v) is 4.08. The van der Waals surface area contributed by atoms with Crippen molar-refractivity contribution in [3.8, 4) is 5.75 Å². The Morgan fingerprint density at radius 2 is 1.60 bits per heavy atom. The molecule has 2 rings (SSSR count). The van der Waals surface area contributed by atoms with E-state index in [0.29, 0.717) is 15.1 Å². The van der Waals surface area contributed by atoms with Crippen LogP contribution in [0, 0.1) is 0 Å². The zero-order chi connectivity index (χ0) is 14.7. The molecule has 0 heterocycles. The summed E-state index contributed by atoms with van der Waals surface area (Å²) in [5.41, 5.74) is 1.80. The summed E-state index contributed by atoms with van der Waals surface area (Å²) in [7, 11) is 0. The topological polar surface area (TPSA) is 32.3 Å². The van der Waals surface area contributed by atoms with Gasteiger partial charge in [0.25, 0.3) is 0 Å². The molecular weight excluding hydrogens is 317 g/mol. The second-order valence-electron chi connectivity index (χ2n) is 4.44. The third-order valence-electron chi connectivity index (χ3n) is 3.04. The molecule has 0 fully saturated rings. The molecule has 0 aliphatic carbocycles. The number of aromatic hydroxyl groups is 1. The smallest absolute Gasteiger partial charge is 0.115 e. The fraction of sp³-hybridized carbons (Fsp3) is 0.200. The van der Waals surface area contributed by atoms with Crippen LogP contribution in [0.5, 0.6) is 5.75 Å². The van der Waals surface area contributed by atoms with E-state index in [-0.39, 0.29) is 11.8 Å². The van der Waals surface area contributed by atoms with Crippen molar-refractivity contribution in [1.82, 2.24) is 0 Å². The molecule has 0 spiro atoms. The zero-order valence-corrected chi connectivity index (χ0v) is 13.1. The van der Waals surface area contributed by atoms with E-state index in [0.717, 1.165) is 17.7 Å². The van der Waals surface area contributed by atoms with Gasteiger partial charge in [0.2, 0.25) is 0 Å². The van der Waals surface area contributed by atoms with Crippen LogP contribution >= 0.6 is 34.8 Å². The Balaban J connectivity index is 2.26. The summed E-state index contributed by atoms with van der Waals surface area (Å²) in [5.74, 6) is 0.246. The van der Waals surface area contributed by atoms with Gasteiger partial charge < -0.3 is 10.4 Å². The van der Waals surface area contributed by atoms with E-state index < -0.39 is 0 Å². The molecule has 106 valence electrons. The molecule has 1 atom stereocenters. The number of phenols is 1. The highest BCUT2D eigenvalue weighted by Gasteiger charge is 2.12. The average molecular weight is 331 g/mol. The Morgan fingerprint density at radius 1 is 1.00 bits per heavy atom. The minimum atomic E-state index is 0.0744. The second-order valence-corrected chi connectivity index (χ2v) is 5.66. The normalized spacial score (nSPS) is 12.2. The van der Waals surface area contributed by atoms with Gasteiger partial charge in [0.15, 0.2) is 0 Å². The van der Waals surface area contributed by atoms with Gasteiger partial charge in [-0.2, -0.15) is 0 Å². The van der Waals surface area contributed by atoms with E-state index in [2.05, 4.69) is 12.2 Å². The summed E-state index contributed by atoms with van der Waals surface area (Å²) < 4.78 is 0. The van der Waals surface area contributed by atoms with Crippen molar-refractivity contribution in [3.05, 3.63) is 57.0 Å². The Morgan fingerprint density at radius 3 is 2.20 bits per heavy atom. The van der Waals surface area contributed by atoms with Crippen LogP contribution in [-0.4, -0.2) is 5.11 Å². The van der Waals surface area contributed by atoms with Gasteiger partial charge in [0.05, 0.1) is 26.8 Å². The molecule has 0 saturated carbocycles. The van der Waals surface area contributed by atoms with Gasteiger partial charge in [-0.3, -0.25) is 0 Å². The predicted octanol–water partition coefficient (Wildman–Crippen LogP) is 5.92. The minimum Gasteiger partial charge on any atom is -0.508 e. The SMILES string of the molecule is CCC(Nc1cc(Cl)c(Cl)cc1Cl)c1ccc(O)cc1. The number of hydrogen-bond acceptors (Lipinski definition) is 2. The van der Waals surface area contributed by atoms with Gasteiger partial charge in [-0.25, -0.2) is 0 Å². The van der Waals surface area contributed by atoms with E-state index >= 15 is 0 Å². The van der Waals surface area contributed by atoms with E-state index in [1.165, 1.54) is 0 Å². The lowest BCUT2D eigenvalue weighted by Gasteiger charge is -2.20. The van der Waals surface area contributed by atoms with Gasteiger partial charge in [0, 0.05) is 0 Å². The van der Waals surface area contributed by atoms with Gasteiger partial charge in [-0.1, -0.05) is 53.9 Å². The lowest BCUT2D eigenvalue weighted by Crippen LogP contribution is -2.09. The lowest BCUT2D eigenvalue weighted by molar-refractivity contribution is 0.475. The van der Waals surface area contributed by atoms with Crippen LogP contribution in [0.4, 0.5) is 5.69 Å². The van der Waals surface area contributed by atoms with Crippen molar-refractivity contribution in [2.24, 2.45) is 0 Å². The summed E-state index contributed by atoms with van der Waals surface area (Å²) >= 11 is 18.1. The highest BCUT2D eigenvalue weighted by atomic mass is 35.5. The minimum absolute atomic E-state index is 0.0744. The first-order valence-corrected chi connectivity index (χ1v) is 7.34. The van der Waals surface area contributed by atoms with Crippen molar-refractivity contribution < 1.29 is 5.11 Å². The van der Waals surface area contributed by atoms with E-state index in [9.17, 15) is 5.11 Å². The summed E-state index contributed by atoms with van der Waals surface area (Å²) in [4.78, 5) is 0. The maximum absolute atomic E-state index is 9.34. The Kier molecular flexibility index (Phi) is 5.03. The highest BCUT2D eigenvalue weighted by molar-refractivity contribution is 6.44. The fourth-order valence-corrected chi connectivity index (χ4v) is 2.55. The Hall–Kier alpha value is -1.09. The number of benzene rings is 2. The monoisotopic (exact) mass is 329 g/mol. The summed E-state index contributed by atoms with van der Waals surface area (Å²) in [5, 5.41) is 14.1. The third kappa shape index (κ3) is 3.51. The van der Waals surface area contributed by atoms with Crippen molar-refractivity contribution in [2.45, 2.75) is 19.4 Å². The molecular formula is C15H14Cl3NO. The average Bonchev–Trinajstić information content (AvgIpc) is 2.42. The highest BCUT2D eigenvalue weighted by Crippen LogP contribution is 2.35. The summed E-state index contributed by atoms with van der Waals surface area (Å²) in [6, 6.07) is 10.5. The first kappa shape index (κ1) is 15.3. The molecule has 0 aliphatic rings. The Bertz CT molecular complexity index is 599. The first-order chi connectivity index (χ1) is 9.51. The molecule has 2 aromatic carbocycles. The number of halogens is 3. The molecule has 5 heteroatoms. The standard InChI is InChI=1S/C15H14Cl3NO/c1-2-14(9-3-5-10(20)6-4-9)19-15-8-12(17)11(16)7-13(15)18/h3-8,14,19-20H,2H2,1H3. The molecule has 1 unspecified atom stereocenters. The zero-order valence-electron chi connectivity index (χ0n) is 10.8. The van der Waals surface area contributed by atoms with Crippen LogP contribution in [0.25, 0.3) is 0 Å². The van der Waals surface area contributed by atoms with Crippen LogP contribution < -0.4 is 5.32 Å². The molecule has 0 amide bonds. The van der Waals surface area contributed by atoms with E-state index in [1.54, 1.807) is 24.3 Å². The number of rotatable bonds is 4. The fourth-order valence-electron chi connectivity index (χ4n) is 1.95. The quantitative estimate of drug-likeness (QED) is 0.682. The second kappa shape index (κ2) is 6.57. The van der Waals surface area contributed by atoms with Crippen molar-refractivity contribution >= 4 is 40.5 Å². The largest absolute Gasteiger partial charge is 0.508 e. The number of hydrogen-bond donors (Lipinski definition) is 2. The summed E-state index contributed by atoms with van der Waals surface area (Å²) in [6.07, 6.45) is 0.862. The number of phenolic OH excluding ortho intramolecular Hbond substituents is 1. The lowest BCUT2D eigenvalue weighted by atomic mass is 10.0. The molecule has 0 saturated heterocycles. The Labute approximate surface area is 133 Å². The van der Waals surface area contributed by atoms with E-state index in [1.807, 2.05) is 12.1 Å². The molecule has 0 radical (unpaired) electrons. The molecule has 20 heavy (non-hydrogen) atoms. The molecule has 0 aromatic heterocycles.